The number of hydrogen-bond acceptors (Lipinski definition) is 5. The normalized spacial score (nSPS) is 14.2. The van der Waals surface area contributed by atoms with Gasteiger partial charge in [0.25, 0.3) is 5.56 Å². The standard InChI is InChI=1S/C19H20N4O4/c1-11(24)20-9-8-13-12-6-4-5-7-15(12)21-16(13)10-14-17(25)22(2)19(27)23(3)18(14)26/h4-7,10,25H,8-9H2,1-3H3,(H,20,24). The molecule has 2 N–H and O–H groups in total. The Bertz CT molecular complexity index is 1200. The van der Waals surface area contributed by atoms with Gasteiger partial charge in [0.05, 0.1) is 11.1 Å². The maximum absolute atomic E-state index is 12.5. The van der Waals surface area contributed by atoms with Crippen molar-refractivity contribution in [3.8, 4) is 5.88 Å². The second-order valence-corrected chi connectivity index (χ2v) is 6.31. The second-order valence-electron chi connectivity index (χ2n) is 6.31. The lowest BCUT2D eigenvalue weighted by molar-refractivity contribution is -0.118. The maximum Gasteiger partial charge on any atom is 0.333 e. The molecule has 0 saturated heterocycles. The van der Waals surface area contributed by atoms with Crippen LogP contribution in [0.25, 0.3) is 11.6 Å². The Kier molecular flexibility index (Phi) is 4.81. The van der Waals surface area contributed by atoms with Crippen LogP contribution >= 0.6 is 0 Å². The summed E-state index contributed by atoms with van der Waals surface area (Å²) in [5, 5.41) is 14.7. The first-order chi connectivity index (χ1) is 12.8. The molecule has 0 spiro atoms. The molecule has 0 unspecified atom stereocenters. The zero-order valence-corrected chi connectivity index (χ0v) is 15.3. The lowest BCUT2D eigenvalue weighted by atomic mass is 10.1. The molecule has 8 nitrogen and oxygen atoms in total. The summed E-state index contributed by atoms with van der Waals surface area (Å²) in [7, 11) is 2.75. The van der Waals surface area contributed by atoms with Crippen LogP contribution in [0.4, 0.5) is 0 Å². The van der Waals surface area contributed by atoms with Crippen LogP contribution in [0.15, 0.2) is 44.5 Å². The van der Waals surface area contributed by atoms with E-state index in [0.29, 0.717) is 18.7 Å². The third-order valence-corrected chi connectivity index (χ3v) is 4.48. The molecule has 1 aliphatic heterocycles. The predicted octanol–water partition coefficient (Wildman–Crippen LogP) is -0.859. The van der Waals surface area contributed by atoms with Crippen molar-refractivity contribution < 1.29 is 9.90 Å². The summed E-state index contributed by atoms with van der Waals surface area (Å²) >= 11 is 0. The molecule has 8 heteroatoms. The summed E-state index contributed by atoms with van der Waals surface area (Å²) in [6.07, 6.45) is 2.00. The van der Waals surface area contributed by atoms with Gasteiger partial charge in [-0.3, -0.25) is 18.7 Å². The molecule has 2 aromatic rings. The molecule has 0 saturated carbocycles. The van der Waals surface area contributed by atoms with Gasteiger partial charge in [0.15, 0.2) is 0 Å². The van der Waals surface area contributed by atoms with Gasteiger partial charge >= 0.3 is 5.69 Å². The van der Waals surface area contributed by atoms with Crippen LogP contribution in [0.2, 0.25) is 0 Å². The Morgan fingerprint density at radius 3 is 2.63 bits per heavy atom. The Labute approximate surface area is 154 Å². The highest BCUT2D eigenvalue weighted by atomic mass is 16.3. The van der Waals surface area contributed by atoms with Crippen molar-refractivity contribution in [2.45, 2.75) is 13.3 Å². The van der Waals surface area contributed by atoms with Gasteiger partial charge in [-0.1, -0.05) is 18.2 Å². The number of aromatic hydroxyl groups is 1. The van der Waals surface area contributed by atoms with E-state index in [2.05, 4.69) is 10.3 Å². The van der Waals surface area contributed by atoms with E-state index >= 15 is 0 Å². The molecule has 1 aromatic heterocycles. The van der Waals surface area contributed by atoms with Crippen LogP contribution in [0, 0.1) is 0 Å². The van der Waals surface area contributed by atoms with E-state index < -0.39 is 17.1 Å². The van der Waals surface area contributed by atoms with E-state index in [1.54, 1.807) is 0 Å². The summed E-state index contributed by atoms with van der Waals surface area (Å²) < 4.78 is 1.94. The molecule has 0 bridgehead atoms. The molecule has 0 atom stereocenters. The molecule has 1 amide bonds. The third-order valence-electron chi connectivity index (χ3n) is 4.48. The molecule has 0 fully saturated rings. The van der Waals surface area contributed by atoms with Crippen molar-refractivity contribution in [1.82, 2.24) is 14.5 Å². The second kappa shape index (κ2) is 7.06. The van der Waals surface area contributed by atoms with Crippen molar-refractivity contribution in [3.63, 3.8) is 0 Å². The van der Waals surface area contributed by atoms with Crippen molar-refractivity contribution >= 4 is 17.6 Å². The SMILES string of the molecule is CC(=O)NCCC1=c2ccccc2=NC1=Cc1c(O)n(C)c(=O)n(C)c1=O. The fourth-order valence-corrected chi connectivity index (χ4v) is 3.03. The number of rotatable bonds is 4. The average Bonchev–Trinajstić information content (AvgIpc) is 2.99. The summed E-state index contributed by atoms with van der Waals surface area (Å²) in [6.45, 7) is 1.86. The quantitative estimate of drug-likeness (QED) is 0.733. The first-order valence-corrected chi connectivity index (χ1v) is 8.43. The Morgan fingerprint density at radius 1 is 1.22 bits per heavy atom. The number of fused-ring (bicyclic) bond motifs is 1. The van der Waals surface area contributed by atoms with Crippen molar-refractivity contribution in [1.29, 1.82) is 0 Å². The minimum atomic E-state index is -0.610. The molecule has 3 rings (SSSR count). The minimum Gasteiger partial charge on any atom is -0.494 e. The number of nitrogens with zero attached hydrogens (tertiary/aromatic N) is 3. The molecule has 27 heavy (non-hydrogen) atoms. The molecular formula is C19H20N4O4. The van der Waals surface area contributed by atoms with Crippen molar-refractivity contribution in [2.24, 2.45) is 19.1 Å². The van der Waals surface area contributed by atoms with Gasteiger partial charge in [-0.15, -0.1) is 0 Å². The van der Waals surface area contributed by atoms with Crippen LogP contribution in [0.3, 0.4) is 0 Å². The number of aromatic nitrogens is 2. The van der Waals surface area contributed by atoms with Crippen LogP contribution in [-0.2, 0) is 18.9 Å². The largest absolute Gasteiger partial charge is 0.494 e. The first-order valence-electron chi connectivity index (χ1n) is 8.43. The van der Waals surface area contributed by atoms with E-state index in [-0.39, 0.29) is 11.5 Å². The summed E-state index contributed by atoms with van der Waals surface area (Å²) in [5.74, 6) is -0.545. The topological polar surface area (TPSA) is 106 Å². The zero-order valence-electron chi connectivity index (χ0n) is 15.3. The fourth-order valence-electron chi connectivity index (χ4n) is 3.03. The van der Waals surface area contributed by atoms with E-state index in [1.165, 1.54) is 27.1 Å². The Hall–Kier alpha value is -3.42. The van der Waals surface area contributed by atoms with Crippen LogP contribution in [0.5, 0.6) is 5.88 Å². The van der Waals surface area contributed by atoms with Gasteiger partial charge in [0.2, 0.25) is 11.8 Å². The highest BCUT2D eigenvalue weighted by molar-refractivity contribution is 5.77. The first kappa shape index (κ1) is 18.4. The Balaban J connectivity index is 2.17. The fraction of sp³-hybridized carbons (Fsp3) is 0.263. The lowest BCUT2D eigenvalue weighted by Crippen LogP contribution is -2.38. The van der Waals surface area contributed by atoms with Crippen molar-refractivity contribution in [3.05, 3.63) is 66.9 Å². The number of allylic oxidation sites excluding steroid dienone is 1. The molecule has 1 aromatic carbocycles. The molecule has 0 radical (unpaired) electrons. The van der Waals surface area contributed by atoms with E-state index in [9.17, 15) is 19.5 Å². The number of amides is 1. The number of carbonyl (C=O) groups is 1. The Morgan fingerprint density at radius 2 is 1.93 bits per heavy atom. The van der Waals surface area contributed by atoms with Gasteiger partial charge in [-0.2, -0.15) is 0 Å². The number of nitrogens with one attached hydrogen (secondary N) is 1. The van der Waals surface area contributed by atoms with Crippen molar-refractivity contribution in [2.75, 3.05) is 6.54 Å². The average molecular weight is 368 g/mol. The van der Waals surface area contributed by atoms with Gasteiger partial charge < -0.3 is 10.4 Å². The molecule has 1 aliphatic rings. The van der Waals surface area contributed by atoms with Crippen LogP contribution in [-0.4, -0.2) is 26.7 Å². The monoisotopic (exact) mass is 368 g/mol. The van der Waals surface area contributed by atoms with Crippen LogP contribution < -0.4 is 27.1 Å². The summed E-state index contributed by atoms with van der Waals surface area (Å²) in [4.78, 5) is 40.1. The van der Waals surface area contributed by atoms with E-state index in [4.69, 9.17) is 0 Å². The highest BCUT2D eigenvalue weighted by Gasteiger charge is 2.18. The number of hydrogen-bond donors (Lipinski definition) is 2. The number of carbonyl (C=O) groups excluding carboxylic acids is 1. The lowest BCUT2D eigenvalue weighted by Gasteiger charge is -2.09. The zero-order chi connectivity index (χ0) is 19.7. The number of para-hydroxylation sites is 1. The van der Waals surface area contributed by atoms with Gasteiger partial charge in [-0.25, -0.2) is 9.79 Å². The summed E-state index contributed by atoms with van der Waals surface area (Å²) in [5.41, 5.74) is 0.155. The van der Waals surface area contributed by atoms with Gasteiger partial charge in [0, 0.05) is 32.8 Å². The van der Waals surface area contributed by atoms with E-state index in [0.717, 1.165) is 25.3 Å². The minimum absolute atomic E-state index is 0.0109. The molecular weight excluding hydrogens is 348 g/mol. The summed E-state index contributed by atoms with van der Waals surface area (Å²) in [6, 6.07) is 7.52. The maximum atomic E-state index is 12.5. The predicted molar refractivity (Wildman–Crippen MR) is 100 cm³/mol. The molecule has 140 valence electrons. The van der Waals surface area contributed by atoms with Gasteiger partial charge in [0.1, 0.15) is 5.56 Å². The molecule has 0 aliphatic carbocycles. The van der Waals surface area contributed by atoms with Crippen LogP contribution in [0.1, 0.15) is 18.9 Å². The highest BCUT2D eigenvalue weighted by Crippen LogP contribution is 2.22. The smallest absolute Gasteiger partial charge is 0.333 e. The third kappa shape index (κ3) is 3.33. The number of benzene rings is 1. The van der Waals surface area contributed by atoms with E-state index in [1.807, 2.05) is 24.3 Å². The molecule has 2 heterocycles. The van der Waals surface area contributed by atoms with Gasteiger partial charge in [-0.05, 0) is 24.1 Å².